The van der Waals surface area contributed by atoms with Crippen LogP contribution in [-0.2, 0) is 9.59 Å². The summed E-state index contributed by atoms with van der Waals surface area (Å²) in [5.41, 5.74) is 0. The summed E-state index contributed by atoms with van der Waals surface area (Å²) in [7, 11) is 0. The first-order chi connectivity index (χ1) is 12.0. The van der Waals surface area contributed by atoms with Gasteiger partial charge in [-0.25, -0.2) is 0 Å². The number of rotatable bonds is 12. The Morgan fingerprint density at radius 2 is 2.04 bits per heavy atom. The van der Waals surface area contributed by atoms with Crippen LogP contribution in [0.3, 0.4) is 0 Å². The molecule has 1 fully saturated rings. The van der Waals surface area contributed by atoms with Gasteiger partial charge in [0.1, 0.15) is 5.78 Å². The Labute approximate surface area is 150 Å². The van der Waals surface area contributed by atoms with Gasteiger partial charge in [-0.2, -0.15) is 0 Å². The second kappa shape index (κ2) is 12.0. The SMILES string of the molecule is CCCCC/C=C\C[C@H]1[C@@H](O)CC(=O)[C@@H]1/C=C/[C@H](O)CCCC(=O)O. The highest BCUT2D eigenvalue weighted by molar-refractivity contribution is 5.86. The zero-order chi connectivity index (χ0) is 18.7. The summed E-state index contributed by atoms with van der Waals surface area (Å²) in [6.45, 7) is 2.16. The molecule has 1 aliphatic carbocycles. The molecule has 1 rings (SSSR count). The molecule has 0 spiro atoms. The molecular weight excluding hydrogens is 320 g/mol. The van der Waals surface area contributed by atoms with Crippen molar-refractivity contribution in [1.29, 1.82) is 0 Å². The van der Waals surface area contributed by atoms with E-state index in [-0.39, 0.29) is 30.5 Å². The Morgan fingerprint density at radius 1 is 1.28 bits per heavy atom. The number of aliphatic hydroxyl groups is 2. The Bertz CT molecular complexity index is 469. The molecule has 142 valence electrons. The maximum Gasteiger partial charge on any atom is 0.303 e. The quantitative estimate of drug-likeness (QED) is 0.370. The van der Waals surface area contributed by atoms with Gasteiger partial charge in [0, 0.05) is 24.7 Å². The molecule has 4 atom stereocenters. The molecule has 0 aromatic heterocycles. The molecule has 0 unspecified atom stereocenters. The van der Waals surface area contributed by atoms with E-state index in [1.807, 2.05) is 6.08 Å². The maximum atomic E-state index is 12.1. The molecule has 0 bridgehead atoms. The molecule has 0 aliphatic heterocycles. The first-order valence-electron chi connectivity index (χ1n) is 9.39. The lowest BCUT2D eigenvalue weighted by atomic mass is 9.90. The molecular formula is C20H32O5. The normalized spacial score (nSPS) is 25.2. The highest BCUT2D eigenvalue weighted by Gasteiger charge is 2.39. The van der Waals surface area contributed by atoms with Gasteiger partial charge in [-0.1, -0.05) is 44.1 Å². The van der Waals surface area contributed by atoms with Crippen LogP contribution in [-0.4, -0.2) is 39.3 Å². The average molecular weight is 352 g/mol. The van der Waals surface area contributed by atoms with Crippen LogP contribution in [0, 0.1) is 11.8 Å². The molecule has 0 aromatic carbocycles. The van der Waals surface area contributed by atoms with Crippen molar-refractivity contribution >= 4 is 11.8 Å². The fraction of sp³-hybridized carbons (Fsp3) is 0.700. The minimum atomic E-state index is -0.879. The van der Waals surface area contributed by atoms with E-state index in [0.29, 0.717) is 19.3 Å². The number of carboxylic acids is 1. The van der Waals surface area contributed by atoms with E-state index in [4.69, 9.17) is 5.11 Å². The lowest BCUT2D eigenvalue weighted by Gasteiger charge is -2.17. The summed E-state index contributed by atoms with van der Waals surface area (Å²) in [6, 6.07) is 0. The molecule has 1 saturated carbocycles. The molecule has 5 heteroatoms. The zero-order valence-corrected chi connectivity index (χ0v) is 15.1. The summed E-state index contributed by atoms with van der Waals surface area (Å²) in [5.74, 6) is -1.39. The third kappa shape index (κ3) is 8.45. The van der Waals surface area contributed by atoms with Gasteiger partial charge in [0.2, 0.25) is 0 Å². The van der Waals surface area contributed by atoms with Crippen LogP contribution in [0.1, 0.15) is 64.7 Å². The molecule has 0 aromatic rings. The van der Waals surface area contributed by atoms with E-state index in [1.165, 1.54) is 12.8 Å². The van der Waals surface area contributed by atoms with Crippen LogP contribution >= 0.6 is 0 Å². The second-order valence-electron chi connectivity index (χ2n) is 6.87. The van der Waals surface area contributed by atoms with Crippen molar-refractivity contribution in [1.82, 2.24) is 0 Å². The number of hydrogen-bond donors (Lipinski definition) is 3. The number of carboxylic acid groups (broad SMARTS) is 1. The monoisotopic (exact) mass is 352 g/mol. The molecule has 0 radical (unpaired) electrons. The predicted molar refractivity (Wildman–Crippen MR) is 97.1 cm³/mol. The highest BCUT2D eigenvalue weighted by Crippen LogP contribution is 2.33. The number of unbranched alkanes of at least 4 members (excludes halogenated alkanes) is 3. The van der Waals surface area contributed by atoms with Crippen LogP contribution in [0.2, 0.25) is 0 Å². The van der Waals surface area contributed by atoms with Gasteiger partial charge >= 0.3 is 5.97 Å². The van der Waals surface area contributed by atoms with Gasteiger partial charge in [0.05, 0.1) is 12.2 Å². The Morgan fingerprint density at radius 3 is 2.72 bits per heavy atom. The van der Waals surface area contributed by atoms with Crippen molar-refractivity contribution in [3.05, 3.63) is 24.3 Å². The Kier molecular flexibility index (Phi) is 10.3. The molecule has 3 N–H and O–H groups in total. The van der Waals surface area contributed by atoms with Gasteiger partial charge in [0.15, 0.2) is 0 Å². The molecule has 1 aliphatic rings. The van der Waals surface area contributed by atoms with Crippen molar-refractivity contribution in [3.8, 4) is 0 Å². The largest absolute Gasteiger partial charge is 0.481 e. The summed E-state index contributed by atoms with van der Waals surface area (Å²) in [6.07, 6.45) is 12.2. The lowest BCUT2D eigenvalue weighted by Crippen LogP contribution is -2.19. The summed E-state index contributed by atoms with van der Waals surface area (Å²) in [5, 5.41) is 28.6. The summed E-state index contributed by atoms with van der Waals surface area (Å²) >= 11 is 0. The number of ketones is 1. The van der Waals surface area contributed by atoms with Crippen LogP contribution in [0.5, 0.6) is 0 Å². The number of allylic oxidation sites excluding steroid dienone is 3. The van der Waals surface area contributed by atoms with E-state index >= 15 is 0 Å². The molecule has 5 nitrogen and oxygen atoms in total. The number of Topliss-reactive ketones (excluding diaryl/α,β-unsaturated/α-hetero) is 1. The molecule has 25 heavy (non-hydrogen) atoms. The van der Waals surface area contributed by atoms with Gasteiger partial charge in [-0.3, -0.25) is 9.59 Å². The molecule has 0 heterocycles. The summed E-state index contributed by atoms with van der Waals surface area (Å²) < 4.78 is 0. The zero-order valence-electron chi connectivity index (χ0n) is 15.1. The fourth-order valence-corrected chi connectivity index (χ4v) is 3.22. The van der Waals surface area contributed by atoms with Gasteiger partial charge in [0.25, 0.3) is 0 Å². The lowest BCUT2D eigenvalue weighted by molar-refractivity contribution is -0.137. The minimum Gasteiger partial charge on any atom is -0.481 e. The first kappa shape index (κ1) is 21.6. The molecule has 0 saturated heterocycles. The second-order valence-corrected chi connectivity index (χ2v) is 6.87. The maximum absolute atomic E-state index is 12.1. The predicted octanol–water partition coefficient (Wildman–Crippen LogP) is 3.25. The Balaban J connectivity index is 2.49. The Hall–Kier alpha value is -1.46. The number of carbonyl (C=O) groups excluding carboxylic acids is 1. The number of carbonyl (C=O) groups is 2. The number of aliphatic hydroxyl groups excluding tert-OH is 2. The van der Waals surface area contributed by atoms with E-state index in [1.54, 1.807) is 12.2 Å². The highest BCUT2D eigenvalue weighted by atomic mass is 16.4. The average Bonchev–Trinajstić information content (AvgIpc) is 2.81. The fourth-order valence-electron chi connectivity index (χ4n) is 3.22. The minimum absolute atomic E-state index is 0.00543. The van der Waals surface area contributed by atoms with Crippen molar-refractivity contribution < 1.29 is 24.9 Å². The first-order valence-corrected chi connectivity index (χ1v) is 9.39. The van der Waals surface area contributed by atoms with Gasteiger partial charge in [-0.15, -0.1) is 0 Å². The van der Waals surface area contributed by atoms with E-state index in [9.17, 15) is 19.8 Å². The van der Waals surface area contributed by atoms with Crippen molar-refractivity contribution in [3.63, 3.8) is 0 Å². The third-order valence-electron chi connectivity index (χ3n) is 4.72. The van der Waals surface area contributed by atoms with Crippen LogP contribution in [0.25, 0.3) is 0 Å². The van der Waals surface area contributed by atoms with E-state index in [0.717, 1.165) is 12.8 Å². The van der Waals surface area contributed by atoms with Crippen LogP contribution < -0.4 is 0 Å². The smallest absolute Gasteiger partial charge is 0.303 e. The van der Waals surface area contributed by atoms with Crippen LogP contribution in [0.15, 0.2) is 24.3 Å². The number of hydrogen-bond acceptors (Lipinski definition) is 4. The van der Waals surface area contributed by atoms with E-state index < -0.39 is 18.2 Å². The van der Waals surface area contributed by atoms with Gasteiger partial charge < -0.3 is 15.3 Å². The van der Waals surface area contributed by atoms with Crippen molar-refractivity contribution in [2.75, 3.05) is 0 Å². The summed E-state index contributed by atoms with van der Waals surface area (Å²) in [4.78, 5) is 22.6. The topological polar surface area (TPSA) is 94.8 Å². The van der Waals surface area contributed by atoms with Crippen molar-refractivity contribution in [2.45, 2.75) is 76.9 Å². The van der Waals surface area contributed by atoms with Gasteiger partial charge in [-0.05, 0) is 32.1 Å². The van der Waals surface area contributed by atoms with E-state index in [2.05, 4.69) is 13.0 Å². The molecule has 0 amide bonds. The van der Waals surface area contributed by atoms with Crippen LogP contribution in [0.4, 0.5) is 0 Å². The third-order valence-corrected chi connectivity index (χ3v) is 4.72. The standard InChI is InChI=1S/C20H32O5/c1-2-3-4-5-6-7-10-16-17(19(23)14-18(16)22)13-12-15(21)9-8-11-20(24)25/h6-7,12-13,15-18,21-22H,2-5,8-11,14H2,1H3,(H,24,25)/b7-6-,13-12+/t15-,16-,17-,18+/m1/s1. The van der Waals surface area contributed by atoms with Crippen molar-refractivity contribution in [2.24, 2.45) is 11.8 Å². The number of aliphatic carboxylic acids is 1.